The summed E-state index contributed by atoms with van der Waals surface area (Å²) in [6, 6.07) is 12.5. The molecular formula is C19H20N2O2S. The van der Waals surface area contributed by atoms with Gasteiger partial charge in [-0.2, -0.15) is 0 Å². The second-order valence-corrected chi connectivity index (χ2v) is 7.09. The van der Waals surface area contributed by atoms with Gasteiger partial charge in [-0.15, -0.1) is 11.8 Å². The number of ether oxygens (including phenoxy) is 1. The van der Waals surface area contributed by atoms with E-state index in [0.717, 1.165) is 18.7 Å². The number of hydrogen-bond donors (Lipinski definition) is 1. The van der Waals surface area contributed by atoms with E-state index in [1.165, 1.54) is 27.1 Å². The third-order valence-corrected chi connectivity index (χ3v) is 5.41. The minimum atomic E-state index is -0.0338. The minimum Gasteiger partial charge on any atom is -0.372 e. The second-order valence-electron chi connectivity index (χ2n) is 6.21. The maximum Gasteiger partial charge on any atom is 0.322 e. The van der Waals surface area contributed by atoms with Gasteiger partial charge in [0.1, 0.15) is 0 Å². The van der Waals surface area contributed by atoms with Gasteiger partial charge in [0, 0.05) is 23.7 Å². The Morgan fingerprint density at radius 1 is 1.08 bits per heavy atom. The van der Waals surface area contributed by atoms with Gasteiger partial charge < -0.3 is 15.0 Å². The number of nitrogens with zero attached hydrogens (tertiary/aromatic N) is 1. The third-order valence-electron chi connectivity index (χ3n) is 4.69. The van der Waals surface area contributed by atoms with E-state index < -0.39 is 0 Å². The Balaban J connectivity index is 1.45. The molecule has 0 fully saturated rings. The van der Waals surface area contributed by atoms with Crippen LogP contribution in [0.15, 0.2) is 41.3 Å². The van der Waals surface area contributed by atoms with Gasteiger partial charge in [-0.3, -0.25) is 0 Å². The largest absolute Gasteiger partial charge is 0.372 e. The Labute approximate surface area is 146 Å². The summed E-state index contributed by atoms with van der Waals surface area (Å²) in [7, 11) is 0. The van der Waals surface area contributed by atoms with Crippen LogP contribution in [0.25, 0.3) is 0 Å². The first kappa shape index (κ1) is 15.5. The Hall–Kier alpha value is -1.98. The summed E-state index contributed by atoms with van der Waals surface area (Å²) < 4.78 is 5.42. The summed E-state index contributed by atoms with van der Waals surface area (Å²) in [6.45, 7) is 2.73. The van der Waals surface area contributed by atoms with Crippen molar-refractivity contribution in [2.45, 2.75) is 31.1 Å². The minimum absolute atomic E-state index is 0.0338. The Morgan fingerprint density at radius 2 is 1.92 bits per heavy atom. The summed E-state index contributed by atoms with van der Waals surface area (Å²) in [5.41, 5.74) is 5.83. The van der Waals surface area contributed by atoms with Crippen LogP contribution in [-0.2, 0) is 30.9 Å². The van der Waals surface area contributed by atoms with E-state index in [0.29, 0.717) is 19.8 Å². The number of thioether (sulfide) groups is 1. The molecule has 1 N–H and O–H groups in total. The molecule has 4 rings (SSSR count). The van der Waals surface area contributed by atoms with E-state index in [2.05, 4.69) is 29.8 Å². The molecule has 2 amide bonds. The highest BCUT2D eigenvalue weighted by molar-refractivity contribution is 7.98. The summed E-state index contributed by atoms with van der Waals surface area (Å²) in [5, 5.41) is 3.02. The van der Waals surface area contributed by atoms with Gasteiger partial charge in [0.15, 0.2) is 0 Å². The lowest BCUT2D eigenvalue weighted by molar-refractivity contribution is 0.134. The number of carbonyl (C=O) groups excluding carboxylic acids is 1. The molecule has 124 valence electrons. The van der Waals surface area contributed by atoms with E-state index >= 15 is 0 Å². The van der Waals surface area contributed by atoms with Crippen molar-refractivity contribution in [1.82, 2.24) is 4.90 Å². The molecule has 24 heavy (non-hydrogen) atoms. The number of nitrogens with one attached hydrogen (secondary N) is 1. The van der Waals surface area contributed by atoms with Crippen molar-refractivity contribution < 1.29 is 9.53 Å². The van der Waals surface area contributed by atoms with Gasteiger partial charge in [0.25, 0.3) is 0 Å². The molecule has 0 saturated carbocycles. The lowest BCUT2D eigenvalue weighted by atomic mass is 10.0. The van der Waals surface area contributed by atoms with E-state index in [1.54, 1.807) is 11.8 Å². The maximum atomic E-state index is 12.6. The number of amides is 2. The van der Waals surface area contributed by atoms with Crippen LogP contribution in [0.4, 0.5) is 10.5 Å². The van der Waals surface area contributed by atoms with Crippen LogP contribution in [-0.4, -0.2) is 23.7 Å². The smallest absolute Gasteiger partial charge is 0.322 e. The third kappa shape index (κ3) is 3.01. The number of anilines is 1. The van der Waals surface area contributed by atoms with Crippen LogP contribution < -0.4 is 5.32 Å². The average Bonchev–Trinajstić information content (AvgIpc) is 3.08. The van der Waals surface area contributed by atoms with Gasteiger partial charge in [-0.05, 0) is 59.2 Å². The topological polar surface area (TPSA) is 41.6 Å². The van der Waals surface area contributed by atoms with Gasteiger partial charge in [0.2, 0.25) is 0 Å². The zero-order valence-corrected chi connectivity index (χ0v) is 14.5. The zero-order chi connectivity index (χ0) is 16.5. The molecule has 2 aliphatic rings. The molecule has 0 saturated heterocycles. The van der Waals surface area contributed by atoms with Crippen molar-refractivity contribution >= 4 is 23.5 Å². The quantitative estimate of drug-likeness (QED) is 0.839. The molecule has 0 bridgehead atoms. The maximum absolute atomic E-state index is 12.6. The molecule has 5 heteroatoms. The molecule has 2 aromatic carbocycles. The van der Waals surface area contributed by atoms with E-state index in [9.17, 15) is 4.79 Å². The predicted molar refractivity (Wildman–Crippen MR) is 96.3 cm³/mol. The number of hydrogen-bond acceptors (Lipinski definition) is 3. The van der Waals surface area contributed by atoms with Crippen molar-refractivity contribution in [2.24, 2.45) is 0 Å². The molecular weight excluding hydrogens is 320 g/mol. The Bertz CT molecular complexity index is 791. The van der Waals surface area contributed by atoms with Crippen LogP contribution in [0.2, 0.25) is 0 Å². The summed E-state index contributed by atoms with van der Waals surface area (Å²) >= 11 is 1.76. The Morgan fingerprint density at radius 3 is 2.79 bits per heavy atom. The molecule has 2 aliphatic heterocycles. The molecule has 0 atom stereocenters. The normalized spacial score (nSPS) is 15.8. The zero-order valence-electron chi connectivity index (χ0n) is 13.7. The van der Waals surface area contributed by atoms with Crippen LogP contribution in [0.1, 0.15) is 22.3 Å². The molecule has 0 aromatic heterocycles. The van der Waals surface area contributed by atoms with Crippen molar-refractivity contribution in [1.29, 1.82) is 0 Å². The van der Waals surface area contributed by atoms with Crippen LogP contribution in [0.3, 0.4) is 0 Å². The first-order chi connectivity index (χ1) is 11.7. The number of rotatable bonds is 2. The fraction of sp³-hybridized carbons (Fsp3) is 0.316. The Kier molecular flexibility index (Phi) is 4.21. The molecule has 0 spiro atoms. The number of carbonyl (C=O) groups is 1. The molecule has 2 heterocycles. The highest BCUT2D eigenvalue weighted by atomic mass is 32.2. The highest BCUT2D eigenvalue weighted by Crippen LogP contribution is 2.26. The van der Waals surface area contributed by atoms with Crippen LogP contribution in [0.5, 0.6) is 0 Å². The highest BCUT2D eigenvalue weighted by Gasteiger charge is 2.21. The van der Waals surface area contributed by atoms with Crippen molar-refractivity contribution in [3.63, 3.8) is 0 Å². The second kappa shape index (κ2) is 6.49. The standard InChI is InChI=1S/C19H20N2O2S/c1-24-18-5-3-14-10-21(7-6-13(14)9-18)19(22)20-17-4-2-15-11-23-12-16(15)8-17/h2-5,8-9H,6-7,10-12H2,1H3,(H,20,22). The van der Waals surface area contributed by atoms with Crippen LogP contribution >= 0.6 is 11.8 Å². The van der Waals surface area contributed by atoms with Crippen molar-refractivity contribution in [2.75, 3.05) is 18.1 Å². The van der Waals surface area contributed by atoms with Crippen molar-refractivity contribution in [3.05, 3.63) is 58.7 Å². The SMILES string of the molecule is CSc1ccc2c(c1)CCN(C(=O)Nc1ccc3c(c1)COC3)C2. The van der Waals surface area contributed by atoms with Crippen molar-refractivity contribution in [3.8, 4) is 0 Å². The fourth-order valence-electron chi connectivity index (χ4n) is 3.28. The molecule has 2 aromatic rings. The summed E-state index contributed by atoms with van der Waals surface area (Å²) in [5.74, 6) is 0. The van der Waals surface area contributed by atoms with Gasteiger partial charge in [-0.25, -0.2) is 4.79 Å². The van der Waals surface area contributed by atoms with Crippen LogP contribution in [0, 0.1) is 0 Å². The lowest BCUT2D eigenvalue weighted by Crippen LogP contribution is -2.38. The number of urea groups is 1. The summed E-state index contributed by atoms with van der Waals surface area (Å²) in [6.07, 6.45) is 3.00. The monoisotopic (exact) mass is 340 g/mol. The average molecular weight is 340 g/mol. The molecule has 0 radical (unpaired) electrons. The van der Waals surface area contributed by atoms with Gasteiger partial charge in [-0.1, -0.05) is 12.1 Å². The first-order valence-corrected chi connectivity index (χ1v) is 9.36. The molecule has 0 aliphatic carbocycles. The van der Waals surface area contributed by atoms with E-state index in [1.807, 2.05) is 23.1 Å². The fourth-order valence-corrected chi connectivity index (χ4v) is 3.75. The molecule has 4 nitrogen and oxygen atoms in total. The van der Waals surface area contributed by atoms with E-state index in [4.69, 9.17) is 4.74 Å². The first-order valence-electron chi connectivity index (χ1n) is 8.14. The predicted octanol–water partition coefficient (Wildman–Crippen LogP) is 4.03. The van der Waals surface area contributed by atoms with Gasteiger partial charge in [0.05, 0.1) is 13.2 Å². The lowest BCUT2D eigenvalue weighted by Gasteiger charge is -2.29. The van der Waals surface area contributed by atoms with Gasteiger partial charge >= 0.3 is 6.03 Å². The molecule has 0 unspecified atom stereocenters. The van der Waals surface area contributed by atoms with E-state index in [-0.39, 0.29) is 6.03 Å². The number of fused-ring (bicyclic) bond motifs is 2. The number of benzene rings is 2. The summed E-state index contributed by atoms with van der Waals surface area (Å²) in [4.78, 5) is 15.7.